The molecule has 2 amide bonds. The van der Waals surface area contributed by atoms with E-state index in [2.05, 4.69) is 15.5 Å². The minimum atomic E-state index is -3.84. The second kappa shape index (κ2) is 10.9. The van der Waals surface area contributed by atoms with Crippen LogP contribution in [-0.4, -0.2) is 87.3 Å². The van der Waals surface area contributed by atoms with Crippen molar-refractivity contribution in [2.24, 2.45) is 0 Å². The van der Waals surface area contributed by atoms with Gasteiger partial charge in [0.05, 0.1) is 22.0 Å². The number of nitrogens with one attached hydrogen (secondary N) is 1. The molecule has 3 aromatic rings. The fourth-order valence-corrected chi connectivity index (χ4v) is 6.07. The van der Waals surface area contributed by atoms with Crippen LogP contribution in [0.25, 0.3) is 11.5 Å². The van der Waals surface area contributed by atoms with Crippen LogP contribution in [0, 0.1) is 0 Å². The number of hydrogen-bond donors (Lipinski definition) is 1. The Labute approximate surface area is 219 Å². The molecule has 0 saturated carbocycles. The molecule has 13 nitrogen and oxygen atoms in total. The van der Waals surface area contributed by atoms with Crippen LogP contribution >= 0.6 is 0 Å². The maximum absolute atomic E-state index is 13.0. The van der Waals surface area contributed by atoms with E-state index in [-0.39, 0.29) is 65.6 Å². The summed E-state index contributed by atoms with van der Waals surface area (Å²) in [6.45, 7) is 2.58. The molecule has 1 N–H and O–H groups in total. The first-order valence-corrected chi connectivity index (χ1v) is 14.8. The van der Waals surface area contributed by atoms with Crippen LogP contribution in [0.1, 0.15) is 17.3 Å². The van der Waals surface area contributed by atoms with E-state index < -0.39 is 31.9 Å². The Morgan fingerprint density at radius 3 is 2.26 bits per heavy atom. The number of piperazine rings is 1. The number of nitrogens with zero attached hydrogens (tertiary/aromatic N) is 4. The van der Waals surface area contributed by atoms with Crippen molar-refractivity contribution in [2.75, 3.05) is 44.4 Å². The van der Waals surface area contributed by atoms with Gasteiger partial charge in [0, 0.05) is 38.0 Å². The van der Waals surface area contributed by atoms with Gasteiger partial charge in [0.15, 0.2) is 9.84 Å². The van der Waals surface area contributed by atoms with Gasteiger partial charge in [0.2, 0.25) is 10.0 Å². The molecule has 1 saturated heterocycles. The van der Waals surface area contributed by atoms with E-state index in [1.165, 1.54) is 45.6 Å². The molecule has 0 spiro atoms. The Morgan fingerprint density at radius 1 is 0.974 bits per heavy atom. The van der Waals surface area contributed by atoms with Crippen LogP contribution in [0.4, 0.5) is 10.8 Å². The zero-order valence-electron chi connectivity index (χ0n) is 20.5. The topological polar surface area (TPSA) is 169 Å². The summed E-state index contributed by atoms with van der Waals surface area (Å²) in [5, 5.41) is 9.98. The molecule has 2 aromatic carbocycles. The van der Waals surface area contributed by atoms with Gasteiger partial charge in [-0.1, -0.05) is 17.2 Å². The van der Waals surface area contributed by atoms with Gasteiger partial charge in [-0.2, -0.15) is 4.31 Å². The van der Waals surface area contributed by atoms with E-state index in [0.29, 0.717) is 0 Å². The summed E-state index contributed by atoms with van der Waals surface area (Å²) >= 11 is 0. The lowest BCUT2D eigenvalue weighted by Gasteiger charge is -2.33. The van der Waals surface area contributed by atoms with Crippen LogP contribution in [0.15, 0.2) is 62.7 Å². The SMILES string of the molecule is CCOC(=O)N1CCN(S(=O)(=O)c2ccc(C(=O)Nc3nnc(-c4ccccc4S(C)(=O)=O)o3)cc2)CC1. The molecule has 1 aliphatic rings. The third-order valence-electron chi connectivity index (χ3n) is 5.68. The Morgan fingerprint density at radius 2 is 1.63 bits per heavy atom. The van der Waals surface area contributed by atoms with Crippen molar-refractivity contribution in [3.05, 3.63) is 54.1 Å². The number of carbonyl (C=O) groups is 2. The second-order valence-corrected chi connectivity index (χ2v) is 12.2. The first kappa shape index (κ1) is 27.2. The Bertz CT molecular complexity index is 1540. The third-order valence-corrected chi connectivity index (χ3v) is 8.75. The Balaban J connectivity index is 1.42. The van der Waals surface area contributed by atoms with Crippen molar-refractivity contribution in [3.63, 3.8) is 0 Å². The van der Waals surface area contributed by atoms with Crippen molar-refractivity contribution in [1.29, 1.82) is 0 Å². The fourth-order valence-electron chi connectivity index (χ4n) is 3.77. The summed E-state index contributed by atoms with van der Waals surface area (Å²) in [5.74, 6) is -0.727. The normalized spacial score (nSPS) is 14.7. The standard InChI is InChI=1S/C23H25N5O8S2/c1-3-35-23(30)27-12-14-28(15-13-27)38(33,34)17-10-8-16(9-11-17)20(29)24-22-26-25-21(36-22)18-6-4-5-7-19(18)37(2,31)32/h4-11H,3,12-15H2,1-2H3,(H,24,26,29). The molecular formula is C23H25N5O8S2. The van der Waals surface area contributed by atoms with Gasteiger partial charge in [-0.05, 0) is 43.3 Å². The summed E-state index contributed by atoms with van der Waals surface area (Å²) in [7, 11) is -7.40. The van der Waals surface area contributed by atoms with E-state index in [4.69, 9.17) is 9.15 Å². The van der Waals surface area contributed by atoms with Gasteiger partial charge in [-0.3, -0.25) is 10.1 Å². The van der Waals surface area contributed by atoms with Gasteiger partial charge in [-0.25, -0.2) is 21.6 Å². The van der Waals surface area contributed by atoms with Crippen molar-refractivity contribution in [1.82, 2.24) is 19.4 Å². The average molecular weight is 564 g/mol. The largest absolute Gasteiger partial charge is 0.450 e. The number of ether oxygens (including phenoxy) is 1. The molecule has 15 heteroatoms. The Kier molecular flexibility index (Phi) is 7.80. The van der Waals surface area contributed by atoms with Crippen LogP contribution in [0.2, 0.25) is 0 Å². The Hall–Kier alpha value is -3.82. The lowest BCUT2D eigenvalue weighted by Crippen LogP contribution is -2.50. The van der Waals surface area contributed by atoms with E-state index >= 15 is 0 Å². The highest BCUT2D eigenvalue weighted by atomic mass is 32.2. The van der Waals surface area contributed by atoms with Gasteiger partial charge < -0.3 is 14.1 Å². The van der Waals surface area contributed by atoms with E-state index in [0.717, 1.165) is 6.26 Å². The minimum Gasteiger partial charge on any atom is -0.450 e. The zero-order valence-corrected chi connectivity index (χ0v) is 22.2. The second-order valence-electron chi connectivity index (χ2n) is 8.25. The molecule has 0 unspecified atom stereocenters. The predicted molar refractivity (Wildman–Crippen MR) is 135 cm³/mol. The number of rotatable bonds is 7. The van der Waals surface area contributed by atoms with E-state index in [9.17, 15) is 26.4 Å². The summed E-state index contributed by atoms with van der Waals surface area (Å²) < 4.78 is 61.8. The van der Waals surface area contributed by atoms with E-state index in [1.54, 1.807) is 19.1 Å². The lowest BCUT2D eigenvalue weighted by molar-refractivity contribution is 0.0933. The highest BCUT2D eigenvalue weighted by molar-refractivity contribution is 7.90. The van der Waals surface area contributed by atoms with Gasteiger partial charge in [-0.15, -0.1) is 5.10 Å². The molecule has 1 aliphatic heterocycles. The highest BCUT2D eigenvalue weighted by Crippen LogP contribution is 2.27. The van der Waals surface area contributed by atoms with Gasteiger partial charge in [0.1, 0.15) is 0 Å². The molecule has 202 valence electrons. The van der Waals surface area contributed by atoms with Crippen LogP contribution in [0.3, 0.4) is 0 Å². The molecule has 0 aliphatic carbocycles. The summed E-state index contributed by atoms with van der Waals surface area (Å²) in [6, 6.07) is 11.1. The first-order valence-electron chi connectivity index (χ1n) is 11.5. The van der Waals surface area contributed by atoms with Crippen LogP contribution in [-0.2, 0) is 24.6 Å². The molecule has 0 bridgehead atoms. The zero-order chi connectivity index (χ0) is 27.5. The molecule has 1 aromatic heterocycles. The molecule has 2 heterocycles. The molecule has 4 rings (SSSR count). The maximum Gasteiger partial charge on any atom is 0.409 e. The van der Waals surface area contributed by atoms with Crippen molar-refractivity contribution in [2.45, 2.75) is 16.7 Å². The number of benzene rings is 2. The number of sulfone groups is 1. The number of anilines is 1. The summed E-state index contributed by atoms with van der Waals surface area (Å²) in [6.07, 6.45) is 0.575. The number of aromatic nitrogens is 2. The van der Waals surface area contributed by atoms with Gasteiger partial charge >= 0.3 is 12.1 Å². The van der Waals surface area contributed by atoms with Crippen molar-refractivity contribution >= 4 is 37.9 Å². The first-order chi connectivity index (χ1) is 18.0. The van der Waals surface area contributed by atoms with Gasteiger partial charge in [0.25, 0.3) is 11.8 Å². The van der Waals surface area contributed by atoms with E-state index in [1.807, 2.05) is 0 Å². The highest BCUT2D eigenvalue weighted by Gasteiger charge is 2.30. The number of carbonyl (C=O) groups excluding carboxylic acids is 2. The molecular weight excluding hydrogens is 538 g/mol. The summed E-state index contributed by atoms with van der Waals surface area (Å²) in [4.78, 5) is 25.9. The number of amides is 2. The molecule has 1 fully saturated rings. The monoisotopic (exact) mass is 563 g/mol. The van der Waals surface area contributed by atoms with Crippen molar-refractivity contribution in [3.8, 4) is 11.5 Å². The fraction of sp³-hybridized carbons (Fsp3) is 0.304. The smallest absolute Gasteiger partial charge is 0.409 e. The molecule has 0 radical (unpaired) electrons. The third kappa shape index (κ3) is 5.84. The predicted octanol–water partition coefficient (Wildman–Crippen LogP) is 1.86. The number of hydrogen-bond acceptors (Lipinski definition) is 10. The maximum atomic E-state index is 13.0. The average Bonchev–Trinajstić information content (AvgIpc) is 3.37. The summed E-state index contributed by atoms with van der Waals surface area (Å²) in [5.41, 5.74) is 0.327. The molecule has 0 atom stereocenters. The van der Waals surface area contributed by atoms with Crippen LogP contribution in [0.5, 0.6) is 0 Å². The number of sulfonamides is 1. The molecule has 38 heavy (non-hydrogen) atoms. The minimum absolute atomic E-state index is 0.000584. The lowest BCUT2D eigenvalue weighted by atomic mass is 10.2. The van der Waals surface area contributed by atoms with Crippen molar-refractivity contribution < 1.29 is 35.6 Å². The van der Waals surface area contributed by atoms with Crippen LogP contribution < -0.4 is 5.32 Å². The quantitative estimate of drug-likeness (QED) is 0.448.